The van der Waals surface area contributed by atoms with Crippen LogP contribution >= 0.6 is 0 Å². The number of halogens is 3. The van der Waals surface area contributed by atoms with Gasteiger partial charge in [-0.25, -0.2) is 14.6 Å². The van der Waals surface area contributed by atoms with Crippen molar-refractivity contribution in [2.75, 3.05) is 50.0 Å². The minimum absolute atomic E-state index is 0.0445. The Morgan fingerprint density at radius 3 is 2.55 bits per heavy atom. The van der Waals surface area contributed by atoms with Crippen molar-refractivity contribution in [2.45, 2.75) is 63.2 Å². The molecular weight excluding hydrogens is 908 g/mol. The fraction of sp³-hybridized carbons (Fsp3) is 0.348. The number of ether oxygens (including phenoxy) is 1. The molecule has 2 atom stereocenters. The highest BCUT2D eigenvalue weighted by Crippen LogP contribution is 2.31. The Hall–Kier alpha value is -7.79. The standard InChI is InChI=1S/C46H46F3N11O9/c47-46(48,49)25-53-35-21-28(15-16-51-35)43-55-33(24-69-43)41(64)54-32-23-59(57-38(32)39(50)62)29-11-9-27(10-12-29)40(63)52-22-30-7-1-2-17-58(30)18-20-68-19-4-6-26-5-3-8-31-37(26)45(67)60(44(31)66)34-13-14-36(61)56-42(34)65/h3,5,8-12,15-16,21,23-24,30,34H,1-2,4,6-7,13-14,17-20,22,25H2,(H2,50,62)(H,51,53)(H,52,63)(H,54,64)(H,56,61,65). The normalized spacial score (nSPS) is 17.4. The number of nitrogens with two attached hydrogens (primary N) is 1. The number of carbonyl (C=O) groups excluding carboxylic acids is 7. The Morgan fingerprint density at radius 2 is 1.78 bits per heavy atom. The largest absolute Gasteiger partial charge is 0.444 e. The van der Waals surface area contributed by atoms with Crippen LogP contribution in [0.25, 0.3) is 17.1 Å². The lowest BCUT2D eigenvalue weighted by molar-refractivity contribution is -0.136. The molecule has 0 radical (unpaired) electrons. The molecule has 3 aliphatic heterocycles. The summed E-state index contributed by atoms with van der Waals surface area (Å²) in [6.45, 7) is 1.44. The second kappa shape index (κ2) is 20.6. The number of hydrogen-bond acceptors (Lipinski definition) is 14. The van der Waals surface area contributed by atoms with Crippen molar-refractivity contribution in [3.63, 3.8) is 0 Å². The van der Waals surface area contributed by atoms with Gasteiger partial charge in [0.25, 0.3) is 29.5 Å². The molecule has 7 amide bonds. The number of piperidine rings is 2. The molecule has 0 aliphatic carbocycles. The zero-order valence-corrected chi connectivity index (χ0v) is 36.8. The fourth-order valence-electron chi connectivity index (χ4n) is 8.43. The van der Waals surface area contributed by atoms with E-state index in [1.807, 2.05) is 0 Å². The van der Waals surface area contributed by atoms with E-state index in [-0.39, 0.29) is 70.3 Å². The molecule has 3 aliphatic rings. The minimum atomic E-state index is -4.47. The zero-order valence-electron chi connectivity index (χ0n) is 36.8. The van der Waals surface area contributed by atoms with Crippen LogP contribution < -0.4 is 27.0 Å². The van der Waals surface area contributed by atoms with Crippen LogP contribution in [0.2, 0.25) is 0 Å². The number of pyridine rings is 1. The molecule has 20 nitrogen and oxygen atoms in total. The molecule has 2 aromatic carbocycles. The Bertz CT molecular complexity index is 2790. The summed E-state index contributed by atoms with van der Waals surface area (Å²) in [5.74, 6) is -4.35. The molecule has 5 aromatic rings. The van der Waals surface area contributed by atoms with E-state index < -0.39 is 54.2 Å². The number of oxazole rings is 1. The van der Waals surface area contributed by atoms with Crippen LogP contribution in [0, 0.1) is 0 Å². The third kappa shape index (κ3) is 11.2. The van der Waals surface area contributed by atoms with E-state index in [0.717, 1.165) is 37.0 Å². The number of amides is 7. The predicted octanol–water partition coefficient (Wildman–Crippen LogP) is 3.88. The van der Waals surface area contributed by atoms with Crippen molar-refractivity contribution in [1.29, 1.82) is 0 Å². The van der Waals surface area contributed by atoms with Crippen LogP contribution in [0.3, 0.4) is 0 Å². The first-order valence-electron chi connectivity index (χ1n) is 22.1. The van der Waals surface area contributed by atoms with Gasteiger partial charge in [0.15, 0.2) is 11.4 Å². The molecule has 360 valence electrons. The summed E-state index contributed by atoms with van der Waals surface area (Å²) in [6, 6.07) is 13.2. The number of fused-ring (bicyclic) bond motifs is 1. The molecular formula is C46H46F3N11O9. The summed E-state index contributed by atoms with van der Waals surface area (Å²) < 4.78 is 50.6. The number of alkyl halides is 3. The van der Waals surface area contributed by atoms with Gasteiger partial charge in [-0.2, -0.15) is 18.3 Å². The molecule has 2 unspecified atom stereocenters. The molecule has 6 heterocycles. The van der Waals surface area contributed by atoms with Gasteiger partial charge in [0.1, 0.15) is 24.7 Å². The lowest BCUT2D eigenvalue weighted by Crippen LogP contribution is -2.54. The van der Waals surface area contributed by atoms with Crippen molar-refractivity contribution in [1.82, 2.24) is 40.2 Å². The number of likely N-dealkylation sites (tertiary alicyclic amines) is 1. The number of aromatic nitrogens is 4. The van der Waals surface area contributed by atoms with Crippen LogP contribution in [0.1, 0.15) is 96.1 Å². The van der Waals surface area contributed by atoms with E-state index in [2.05, 4.69) is 41.2 Å². The van der Waals surface area contributed by atoms with Gasteiger partial charge >= 0.3 is 6.18 Å². The predicted molar refractivity (Wildman–Crippen MR) is 238 cm³/mol. The van der Waals surface area contributed by atoms with E-state index in [0.29, 0.717) is 56.0 Å². The summed E-state index contributed by atoms with van der Waals surface area (Å²) in [4.78, 5) is 101. The molecule has 23 heteroatoms. The fourth-order valence-corrected chi connectivity index (χ4v) is 8.43. The van der Waals surface area contributed by atoms with Crippen molar-refractivity contribution in [3.05, 3.63) is 107 Å². The second-order valence-corrected chi connectivity index (χ2v) is 16.5. The van der Waals surface area contributed by atoms with Crippen LogP contribution in [0.15, 0.2) is 77.7 Å². The van der Waals surface area contributed by atoms with Gasteiger partial charge in [0, 0.05) is 49.5 Å². The summed E-state index contributed by atoms with van der Waals surface area (Å²) in [5.41, 5.74) is 7.33. The summed E-state index contributed by atoms with van der Waals surface area (Å²) >= 11 is 0. The highest BCUT2D eigenvalue weighted by atomic mass is 19.4. The molecule has 0 saturated carbocycles. The smallest absolute Gasteiger partial charge is 0.405 e. The number of carbonyl (C=O) groups is 7. The Balaban J connectivity index is 0.798. The topological polar surface area (TPSA) is 266 Å². The van der Waals surface area contributed by atoms with E-state index in [9.17, 15) is 46.7 Å². The van der Waals surface area contributed by atoms with Crippen LogP contribution in [-0.2, 0) is 20.7 Å². The number of anilines is 2. The summed E-state index contributed by atoms with van der Waals surface area (Å²) in [6.07, 6.45) is 3.28. The zero-order chi connectivity index (χ0) is 48.8. The first kappa shape index (κ1) is 47.7. The molecule has 2 fully saturated rings. The Morgan fingerprint density at radius 1 is 0.971 bits per heavy atom. The first-order chi connectivity index (χ1) is 33.1. The summed E-state index contributed by atoms with van der Waals surface area (Å²) in [7, 11) is 0. The van der Waals surface area contributed by atoms with Crippen LogP contribution in [0.5, 0.6) is 0 Å². The number of nitrogens with zero attached hydrogens (tertiary/aromatic N) is 6. The molecule has 0 spiro atoms. The number of benzene rings is 2. The number of nitrogens with one attached hydrogen (secondary N) is 4. The average Bonchev–Trinajstić information content (AvgIpc) is 4.06. The highest BCUT2D eigenvalue weighted by molar-refractivity contribution is 6.24. The van der Waals surface area contributed by atoms with Gasteiger partial charge in [-0.3, -0.25) is 48.7 Å². The number of rotatable bonds is 18. The maximum absolute atomic E-state index is 13.4. The average molecular weight is 954 g/mol. The second-order valence-electron chi connectivity index (χ2n) is 16.5. The van der Waals surface area contributed by atoms with E-state index >= 15 is 0 Å². The van der Waals surface area contributed by atoms with Crippen LogP contribution in [-0.4, -0.2) is 129 Å². The van der Waals surface area contributed by atoms with Crippen LogP contribution in [0.4, 0.5) is 24.7 Å². The molecule has 3 aromatic heterocycles. The first-order valence-corrected chi connectivity index (χ1v) is 22.1. The lowest BCUT2D eigenvalue weighted by atomic mass is 9.99. The van der Waals surface area contributed by atoms with Gasteiger partial charge in [-0.15, -0.1) is 0 Å². The van der Waals surface area contributed by atoms with E-state index in [1.165, 1.54) is 29.2 Å². The maximum Gasteiger partial charge on any atom is 0.405 e. The number of hydrogen-bond donors (Lipinski definition) is 5. The third-order valence-electron chi connectivity index (χ3n) is 11.9. The monoisotopic (exact) mass is 953 g/mol. The number of imide groups is 2. The van der Waals surface area contributed by atoms with Gasteiger partial charge in [-0.05, 0) is 86.7 Å². The van der Waals surface area contributed by atoms with Gasteiger partial charge in [0.05, 0.1) is 35.3 Å². The van der Waals surface area contributed by atoms with Crippen molar-refractivity contribution >= 4 is 52.9 Å². The van der Waals surface area contributed by atoms with E-state index in [4.69, 9.17) is 14.9 Å². The summed E-state index contributed by atoms with van der Waals surface area (Å²) in [5, 5.41) is 14.2. The van der Waals surface area contributed by atoms with Gasteiger partial charge in [0.2, 0.25) is 17.7 Å². The van der Waals surface area contributed by atoms with Gasteiger partial charge < -0.3 is 30.8 Å². The molecule has 8 rings (SSSR count). The maximum atomic E-state index is 13.4. The molecule has 69 heavy (non-hydrogen) atoms. The van der Waals surface area contributed by atoms with Crippen molar-refractivity contribution < 1.29 is 55.9 Å². The Labute approximate surface area is 391 Å². The van der Waals surface area contributed by atoms with E-state index in [1.54, 1.807) is 42.5 Å². The third-order valence-corrected chi connectivity index (χ3v) is 11.9. The highest BCUT2D eigenvalue weighted by Gasteiger charge is 2.45. The van der Waals surface area contributed by atoms with Crippen molar-refractivity contribution in [3.8, 4) is 17.1 Å². The molecule has 2 saturated heterocycles. The SMILES string of the molecule is NC(=O)c1nn(-c2ccc(C(=O)NCC3CCCCN3CCOCCCc3cccc4c3C(=O)N(C3CCC(=O)NC3=O)C4=O)cc2)cc1NC(=O)c1coc(-c2ccnc(NCC(F)(F)F)c2)n1. The van der Waals surface area contributed by atoms with Crippen molar-refractivity contribution in [2.24, 2.45) is 5.73 Å². The molecule has 0 bridgehead atoms. The number of aryl methyl sites for hydroxylation is 1. The molecule has 6 N–H and O–H groups in total. The lowest BCUT2D eigenvalue weighted by Gasteiger charge is -2.35. The quantitative estimate of drug-likeness (QED) is 0.0617. The number of primary amides is 1. The Kier molecular flexibility index (Phi) is 14.2. The minimum Gasteiger partial charge on any atom is -0.444 e. The van der Waals surface area contributed by atoms with Gasteiger partial charge in [-0.1, -0.05) is 18.6 Å².